The summed E-state index contributed by atoms with van der Waals surface area (Å²) in [6, 6.07) is 3.67. The average molecular weight is 283 g/mol. The largest absolute Gasteiger partial charge is 0.491 e. The number of hydrogen-bond donors (Lipinski definition) is 1. The number of ether oxygens (including phenoxy) is 5. The molecule has 1 aromatic rings. The molecule has 1 aliphatic heterocycles. The smallest absolute Gasteiger partial charge is 0.231 e. The van der Waals surface area contributed by atoms with Crippen molar-refractivity contribution in [2.45, 2.75) is 13.0 Å². The van der Waals surface area contributed by atoms with Gasteiger partial charge in [0.15, 0.2) is 11.5 Å². The van der Waals surface area contributed by atoms with Gasteiger partial charge in [-0.05, 0) is 12.5 Å². The highest BCUT2D eigenvalue weighted by Crippen LogP contribution is 2.37. The van der Waals surface area contributed by atoms with E-state index < -0.39 is 0 Å². The lowest BCUT2D eigenvalue weighted by molar-refractivity contribution is 0.0803. The Balaban J connectivity index is 1.77. The van der Waals surface area contributed by atoms with E-state index in [1.54, 1.807) is 7.11 Å². The Kier molecular flexibility index (Phi) is 5.91. The maximum Gasteiger partial charge on any atom is 0.231 e. The predicted molar refractivity (Wildman–Crippen MR) is 73.3 cm³/mol. The van der Waals surface area contributed by atoms with Gasteiger partial charge in [-0.15, -0.1) is 0 Å². The van der Waals surface area contributed by atoms with Gasteiger partial charge in [-0.3, -0.25) is 0 Å². The molecule has 20 heavy (non-hydrogen) atoms. The second kappa shape index (κ2) is 7.94. The van der Waals surface area contributed by atoms with Crippen LogP contribution in [0.3, 0.4) is 0 Å². The zero-order chi connectivity index (χ0) is 14.2. The molecular formula is C14H21NO5. The van der Waals surface area contributed by atoms with E-state index in [9.17, 15) is 0 Å². The number of rotatable bonds is 9. The summed E-state index contributed by atoms with van der Waals surface area (Å²) in [6.45, 7) is 3.01. The quantitative estimate of drug-likeness (QED) is 0.689. The highest BCUT2D eigenvalue weighted by Gasteiger charge is 2.17. The molecule has 2 N–H and O–H groups in total. The van der Waals surface area contributed by atoms with Gasteiger partial charge >= 0.3 is 0 Å². The molecule has 1 heterocycles. The second-order valence-corrected chi connectivity index (χ2v) is 4.32. The van der Waals surface area contributed by atoms with Crippen LogP contribution in [0.4, 0.5) is 0 Å². The third-order valence-corrected chi connectivity index (χ3v) is 2.90. The van der Waals surface area contributed by atoms with Crippen LogP contribution in [0.25, 0.3) is 0 Å². The zero-order valence-electron chi connectivity index (χ0n) is 11.7. The van der Waals surface area contributed by atoms with E-state index >= 15 is 0 Å². The van der Waals surface area contributed by atoms with Crippen molar-refractivity contribution in [1.29, 1.82) is 0 Å². The SMILES string of the molecule is COCCCOCCOc1cc2c(cc1CN)OCO2. The summed E-state index contributed by atoms with van der Waals surface area (Å²) in [7, 11) is 1.68. The van der Waals surface area contributed by atoms with Crippen LogP contribution < -0.4 is 19.9 Å². The van der Waals surface area contributed by atoms with Crippen molar-refractivity contribution in [3.8, 4) is 17.2 Å². The molecule has 0 saturated carbocycles. The summed E-state index contributed by atoms with van der Waals surface area (Å²) < 4.78 is 26.7. The molecule has 0 aromatic heterocycles. The van der Waals surface area contributed by atoms with E-state index in [0.29, 0.717) is 44.5 Å². The molecule has 1 aromatic carbocycles. The maximum absolute atomic E-state index is 5.71. The molecule has 6 heteroatoms. The normalized spacial score (nSPS) is 12.7. The van der Waals surface area contributed by atoms with Crippen molar-refractivity contribution in [3.05, 3.63) is 17.7 Å². The van der Waals surface area contributed by atoms with Gasteiger partial charge in [0.1, 0.15) is 12.4 Å². The van der Waals surface area contributed by atoms with Gasteiger partial charge in [0.05, 0.1) is 6.61 Å². The molecule has 112 valence electrons. The van der Waals surface area contributed by atoms with Gasteiger partial charge in [0.25, 0.3) is 0 Å². The lowest BCUT2D eigenvalue weighted by Gasteiger charge is -2.11. The molecular weight excluding hydrogens is 262 g/mol. The standard InChI is InChI=1S/C14H21NO5/c1-16-3-2-4-17-5-6-18-12-8-14-13(19-10-20-14)7-11(12)9-15/h7-8H,2-6,9-10,15H2,1H3. The van der Waals surface area contributed by atoms with Crippen molar-refractivity contribution < 1.29 is 23.7 Å². The first-order chi connectivity index (χ1) is 9.85. The fourth-order valence-electron chi connectivity index (χ4n) is 1.88. The van der Waals surface area contributed by atoms with E-state index in [4.69, 9.17) is 29.4 Å². The van der Waals surface area contributed by atoms with E-state index in [-0.39, 0.29) is 6.79 Å². The number of fused-ring (bicyclic) bond motifs is 1. The second-order valence-electron chi connectivity index (χ2n) is 4.32. The van der Waals surface area contributed by atoms with Crippen LogP contribution in [0, 0.1) is 0 Å². The van der Waals surface area contributed by atoms with Crippen LogP contribution >= 0.6 is 0 Å². The lowest BCUT2D eigenvalue weighted by Crippen LogP contribution is -2.10. The Morgan fingerprint density at radius 3 is 2.65 bits per heavy atom. The summed E-state index contributed by atoms with van der Waals surface area (Å²) in [5.41, 5.74) is 6.61. The minimum atomic E-state index is 0.241. The van der Waals surface area contributed by atoms with Crippen molar-refractivity contribution >= 4 is 0 Å². The van der Waals surface area contributed by atoms with Crippen molar-refractivity contribution in [1.82, 2.24) is 0 Å². The van der Waals surface area contributed by atoms with Gasteiger partial charge in [0.2, 0.25) is 6.79 Å². The Hall–Kier alpha value is -1.50. The highest BCUT2D eigenvalue weighted by molar-refractivity contribution is 5.51. The van der Waals surface area contributed by atoms with Crippen LogP contribution in [0.15, 0.2) is 12.1 Å². The Bertz CT molecular complexity index is 424. The van der Waals surface area contributed by atoms with Crippen LogP contribution in [-0.2, 0) is 16.0 Å². The third-order valence-electron chi connectivity index (χ3n) is 2.90. The minimum absolute atomic E-state index is 0.241. The van der Waals surface area contributed by atoms with Crippen LogP contribution in [0.5, 0.6) is 17.2 Å². The molecule has 1 aliphatic rings. The van der Waals surface area contributed by atoms with Crippen LogP contribution in [0.2, 0.25) is 0 Å². The maximum atomic E-state index is 5.71. The molecule has 0 radical (unpaired) electrons. The van der Waals surface area contributed by atoms with E-state index in [1.807, 2.05) is 12.1 Å². The molecule has 0 aliphatic carbocycles. The predicted octanol–water partition coefficient (Wildman–Crippen LogP) is 1.31. The summed E-state index contributed by atoms with van der Waals surface area (Å²) >= 11 is 0. The van der Waals surface area contributed by atoms with Gasteiger partial charge in [-0.1, -0.05) is 0 Å². The third kappa shape index (κ3) is 4.00. The molecule has 0 amide bonds. The Morgan fingerprint density at radius 2 is 1.90 bits per heavy atom. The number of benzene rings is 1. The van der Waals surface area contributed by atoms with Crippen LogP contribution in [0.1, 0.15) is 12.0 Å². The Morgan fingerprint density at radius 1 is 1.10 bits per heavy atom. The zero-order valence-corrected chi connectivity index (χ0v) is 11.7. The van der Waals surface area contributed by atoms with E-state index in [0.717, 1.165) is 17.7 Å². The number of methoxy groups -OCH3 is 1. The lowest BCUT2D eigenvalue weighted by atomic mass is 10.2. The molecule has 6 nitrogen and oxygen atoms in total. The first-order valence-corrected chi connectivity index (χ1v) is 6.67. The van der Waals surface area contributed by atoms with Gasteiger partial charge in [-0.25, -0.2) is 0 Å². The molecule has 0 spiro atoms. The minimum Gasteiger partial charge on any atom is -0.491 e. The van der Waals surface area contributed by atoms with Gasteiger partial charge in [-0.2, -0.15) is 0 Å². The summed E-state index contributed by atoms with van der Waals surface area (Å²) in [6.07, 6.45) is 0.884. The number of nitrogens with two attached hydrogens (primary N) is 1. The topological polar surface area (TPSA) is 72.2 Å². The summed E-state index contributed by atoms with van der Waals surface area (Å²) in [5.74, 6) is 2.13. The number of hydrogen-bond acceptors (Lipinski definition) is 6. The van der Waals surface area contributed by atoms with Crippen molar-refractivity contribution in [3.63, 3.8) is 0 Å². The van der Waals surface area contributed by atoms with E-state index in [1.165, 1.54) is 0 Å². The molecule has 0 unspecified atom stereocenters. The van der Waals surface area contributed by atoms with Crippen LogP contribution in [-0.4, -0.2) is 40.3 Å². The molecule has 0 fully saturated rings. The van der Waals surface area contributed by atoms with Gasteiger partial charge < -0.3 is 29.4 Å². The average Bonchev–Trinajstić information content (AvgIpc) is 2.92. The van der Waals surface area contributed by atoms with Crippen molar-refractivity contribution in [2.24, 2.45) is 5.73 Å². The summed E-state index contributed by atoms with van der Waals surface area (Å²) in [4.78, 5) is 0. The first-order valence-electron chi connectivity index (χ1n) is 6.67. The highest BCUT2D eigenvalue weighted by atomic mass is 16.7. The van der Waals surface area contributed by atoms with Crippen molar-refractivity contribution in [2.75, 3.05) is 40.3 Å². The fraction of sp³-hybridized carbons (Fsp3) is 0.571. The molecule has 0 saturated heterocycles. The van der Waals surface area contributed by atoms with Gasteiger partial charge in [0, 0.05) is 38.5 Å². The molecule has 0 bridgehead atoms. The first kappa shape index (κ1) is 14.9. The monoisotopic (exact) mass is 283 g/mol. The Labute approximate surface area is 118 Å². The molecule has 0 atom stereocenters. The van der Waals surface area contributed by atoms with E-state index in [2.05, 4.69) is 0 Å². The fourth-order valence-corrected chi connectivity index (χ4v) is 1.88. The summed E-state index contributed by atoms with van der Waals surface area (Å²) in [5, 5.41) is 0. The molecule has 2 rings (SSSR count).